The van der Waals surface area contributed by atoms with Crippen LogP contribution in [0.25, 0.3) is 0 Å². The van der Waals surface area contributed by atoms with E-state index in [9.17, 15) is 0 Å². The third-order valence-corrected chi connectivity index (χ3v) is 0. The molecule has 0 bridgehead atoms. The van der Waals surface area contributed by atoms with Crippen LogP contribution in [0.15, 0.2) is 0 Å². The Morgan fingerprint density at radius 2 is 1.60 bits per heavy atom. The molecule has 0 fully saturated rings. The van der Waals surface area contributed by atoms with E-state index in [1.54, 1.807) is 6.92 Å². The molecule has 0 aromatic rings. The summed E-state index contributed by atoms with van der Waals surface area (Å²) >= 11 is 0. The van der Waals surface area contributed by atoms with Crippen molar-refractivity contribution in [3.63, 3.8) is 0 Å². The Labute approximate surface area is 57.3 Å². The molecule has 1 N–H and O–H groups in total. The molecule has 0 spiro atoms. The van der Waals surface area contributed by atoms with E-state index in [0.29, 0.717) is 0 Å². The fraction of sp³-hybridized carbons (Fsp3) is 1.00. The normalized spacial score (nSPS) is 3.60. The molecule has 0 radical (unpaired) electrons. The molecule has 0 aromatic carbocycles. The van der Waals surface area contributed by atoms with Crippen LogP contribution in [0.4, 0.5) is 0 Å². The molecule has 3 heteroatoms. The standard InChI is InChI=1S/C2H6O.Bi.ClH.3H/c1-2-3;;;;;/h3H,2H2,1H3;;1H;;;. The van der Waals surface area contributed by atoms with Crippen molar-refractivity contribution in [3.05, 3.63) is 0 Å². The van der Waals surface area contributed by atoms with Crippen molar-refractivity contribution < 1.29 is 5.11 Å². The maximum atomic E-state index is 7.57. The number of aliphatic hydroxyl groups is 1. The molecular formula is C2H10BiClO. The van der Waals surface area contributed by atoms with Gasteiger partial charge in [0.25, 0.3) is 0 Å². The van der Waals surface area contributed by atoms with Gasteiger partial charge in [0.05, 0.1) is 0 Å². The van der Waals surface area contributed by atoms with E-state index < -0.39 is 0 Å². The zero-order chi connectivity index (χ0) is 2.71. The molecule has 0 unspecified atom stereocenters. The van der Waals surface area contributed by atoms with E-state index in [1.165, 1.54) is 0 Å². The van der Waals surface area contributed by atoms with Crippen molar-refractivity contribution in [1.29, 1.82) is 0 Å². The van der Waals surface area contributed by atoms with Crippen LogP contribution < -0.4 is 0 Å². The first-order chi connectivity index (χ1) is 1.41. The SMILES string of the molecule is CCO.Cl.[BiH3]. The third-order valence-electron chi connectivity index (χ3n) is 0. The first-order valence-corrected chi connectivity index (χ1v) is 1.02. The number of aliphatic hydroxyl groups excluding tert-OH is 1. The second kappa shape index (κ2) is 19.3. The zero-order valence-electron chi connectivity index (χ0n) is 3.27. The molecule has 0 aliphatic carbocycles. The van der Waals surface area contributed by atoms with E-state index in [4.69, 9.17) is 5.11 Å². The molecule has 0 aliphatic rings. The Morgan fingerprint density at radius 3 is 1.60 bits per heavy atom. The van der Waals surface area contributed by atoms with Gasteiger partial charge < -0.3 is 5.11 Å². The van der Waals surface area contributed by atoms with Gasteiger partial charge in [-0.2, -0.15) is 0 Å². The van der Waals surface area contributed by atoms with Crippen LogP contribution in [-0.2, 0) is 0 Å². The van der Waals surface area contributed by atoms with E-state index in [2.05, 4.69) is 0 Å². The van der Waals surface area contributed by atoms with Crippen LogP contribution in [0.2, 0.25) is 0 Å². The van der Waals surface area contributed by atoms with Gasteiger partial charge in [-0.15, -0.1) is 12.4 Å². The van der Waals surface area contributed by atoms with Crippen molar-refractivity contribution in [2.45, 2.75) is 6.92 Å². The Kier molecular flexibility index (Phi) is 63.4. The van der Waals surface area contributed by atoms with Crippen LogP contribution in [0, 0.1) is 0 Å². The first kappa shape index (κ1) is 16.5. The topological polar surface area (TPSA) is 20.2 Å². The summed E-state index contributed by atoms with van der Waals surface area (Å²) in [5.41, 5.74) is 0. The quantitative estimate of drug-likeness (QED) is 0.582. The van der Waals surface area contributed by atoms with Crippen LogP contribution in [-0.4, -0.2) is 37.9 Å². The summed E-state index contributed by atoms with van der Waals surface area (Å²) in [6.45, 7) is 1.93. The molecule has 0 rings (SSSR count). The summed E-state index contributed by atoms with van der Waals surface area (Å²) in [5, 5.41) is 7.57. The second-order valence-corrected chi connectivity index (χ2v) is 0.316. The summed E-state index contributed by atoms with van der Waals surface area (Å²) < 4.78 is 0. The van der Waals surface area contributed by atoms with Gasteiger partial charge in [0.15, 0.2) is 0 Å². The molecule has 0 aliphatic heterocycles. The number of halogens is 1. The minimum absolute atomic E-state index is 0. The molecule has 0 amide bonds. The summed E-state index contributed by atoms with van der Waals surface area (Å²) in [6.07, 6.45) is 0. The monoisotopic (exact) mass is 294 g/mol. The Balaban J connectivity index is -0.0000000200. The average molecular weight is 295 g/mol. The molecule has 5 heavy (non-hydrogen) atoms. The summed E-state index contributed by atoms with van der Waals surface area (Å²) in [5.74, 6) is 0. The number of rotatable bonds is 0. The molecule has 1 nitrogen and oxygen atoms in total. The van der Waals surface area contributed by atoms with Crippen molar-refractivity contribution in [3.8, 4) is 0 Å². The Morgan fingerprint density at radius 1 is 1.60 bits per heavy atom. The van der Waals surface area contributed by atoms with Crippen LogP contribution in [0.5, 0.6) is 0 Å². The second-order valence-electron chi connectivity index (χ2n) is 0.316. The van der Waals surface area contributed by atoms with Gasteiger partial charge in [-0.3, -0.25) is 0 Å². The third kappa shape index (κ3) is 39.2. The minimum atomic E-state index is 0. The fourth-order valence-corrected chi connectivity index (χ4v) is 0. The van der Waals surface area contributed by atoms with Crippen molar-refractivity contribution >= 4 is 38.6 Å². The first-order valence-electron chi connectivity index (χ1n) is 1.02. The van der Waals surface area contributed by atoms with Gasteiger partial charge in [-0.25, -0.2) is 0 Å². The molecule has 0 heterocycles. The predicted octanol–water partition coefficient (Wildman–Crippen LogP) is -0.764. The van der Waals surface area contributed by atoms with Gasteiger partial charge in [-0.1, -0.05) is 0 Å². The maximum absolute atomic E-state index is 7.57. The van der Waals surface area contributed by atoms with E-state index in [0.717, 1.165) is 0 Å². The van der Waals surface area contributed by atoms with Gasteiger partial charge in [0.2, 0.25) is 0 Å². The molecule has 0 atom stereocenters. The van der Waals surface area contributed by atoms with Crippen molar-refractivity contribution in [1.82, 2.24) is 0 Å². The number of hydrogen-bond donors (Lipinski definition) is 1. The average Bonchev–Trinajstić information content (AvgIpc) is 0.918. The van der Waals surface area contributed by atoms with Gasteiger partial charge >= 0.3 is 26.2 Å². The Hall–Kier alpha value is 1.13. The summed E-state index contributed by atoms with van der Waals surface area (Å²) in [7, 11) is 0. The van der Waals surface area contributed by atoms with Gasteiger partial charge in [-0.05, 0) is 6.92 Å². The summed E-state index contributed by atoms with van der Waals surface area (Å²) in [4.78, 5) is 0. The van der Waals surface area contributed by atoms with Crippen LogP contribution in [0.3, 0.4) is 0 Å². The van der Waals surface area contributed by atoms with E-state index in [1.807, 2.05) is 0 Å². The molecular weight excluding hydrogens is 284 g/mol. The molecule has 36 valence electrons. The predicted molar refractivity (Wildman–Crippen MR) is 29.9 cm³/mol. The van der Waals surface area contributed by atoms with E-state index >= 15 is 0 Å². The van der Waals surface area contributed by atoms with Gasteiger partial charge in [0.1, 0.15) is 0 Å². The van der Waals surface area contributed by atoms with Crippen molar-refractivity contribution in [2.24, 2.45) is 0 Å². The van der Waals surface area contributed by atoms with Gasteiger partial charge in [0, 0.05) is 6.61 Å². The number of hydrogen-bond acceptors (Lipinski definition) is 1. The molecule has 0 saturated heterocycles. The Bertz CT molecular complexity index is 9.61. The van der Waals surface area contributed by atoms with E-state index in [-0.39, 0.29) is 45.2 Å². The molecule has 0 saturated carbocycles. The molecule has 0 aromatic heterocycles. The van der Waals surface area contributed by atoms with Crippen LogP contribution >= 0.6 is 12.4 Å². The summed E-state index contributed by atoms with van der Waals surface area (Å²) in [6, 6.07) is 0. The fourth-order valence-electron chi connectivity index (χ4n) is 0. The van der Waals surface area contributed by atoms with Crippen molar-refractivity contribution in [2.75, 3.05) is 6.61 Å². The zero-order valence-corrected chi connectivity index (χ0v) is 9.58. The van der Waals surface area contributed by atoms with Crippen LogP contribution in [0.1, 0.15) is 6.92 Å².